The van der Waals surface area contributed by atoms with Crippen LogP contribution in [0.3, 0.4) is 0 Å². The Morgan fingerprint density at radius 1 is 0.786 bits per heavy atom. The van der Waals surface area contributed by atoms with Crippen LogP contribution in [0.15, 0.2) is 55.6 Å². The minimum atomic E-state index is -4.73. The maximum atomic E-state index is 13.9. The number of rotatable bonds is 6. The molecule has 0 bridgehead atoms. The van der Waals surface area contributed by atoms with E-state index in [1.165, 1.54) is 37.4 Å². The van der Waals surface area contributed by atoms with Gasteiger partial charge in [0.1, 0.15) is 35.3 Å². The summed E-state index contributed by atoms with van der Waals surface area (Å²) in [5.74, 6) is -0.746. The number of benzene rings is 2. The van der Waals surface area contributed by atoms with Gasteiger partial charge in [-0.25, -0.2) is 38.7 Å². The molecular weight excluding hydrogens is 583 g/mol. The molecule has 0 aliphatic rings. The third-order valence-electron chi connectivity index (χ3n) is 6.09. The van der Waals surface area contributed by atoms with E-state index in [-0.39, 0.29) is 24.5 Å². The normalized spacial score (nSPS) is 11.4. The van der Waals surface area contributed by atoms with Gasteiger partial charge in [0.25, 0.3) is 0 Å². The van der Waals surface area contributed by atoms with Gasteiger partial charge < -0.3 is 20.6 Å². The Bertz CT molecular complexity index is 1850. The number of aromatic nitrogens is 8. The van der Waals surface area contributed by atoms with Gasteiger partial charge in [-0.15, -0.1) is 0 Å². The minimum Gasteiger partial charge on any atom is -0.364 e. The van der Waals surface area contributed by atoms with Gasteiger partial charge in [-0.2, -0.15) is 13.2 Å². The zero-order valence-corrected chi connectivity index (χ0v) is 22.3. The van der Waals surface area contributed by atoms with Gasteiger partial charge in [-0.3, -0.25) is 0 Å². The second kappa shape index (κ2) is 11.9. The monoisotopic (exact) mass is 602 g/mol. The molecule has 42 heavy (non-hydrogen) atoms. The summed E-state index contributed by atoms with van der Waals surface area (Å²) in [7, 11) is 0. The molecule has 6 rings (SSSR count). The van der Waals surface area contributed by atoms with Crippen molar-refractivity contribution < 1.29 is 22.0 Å². The van der Waals surface area contributed by atoms with E-state index < -0.39 is 17.6 Å². The highest BCUT2D eigenvalue weighted by Gasteiger charge is 2.34. The van der Waals surface area contributed by atoms with Crippen LogP contribution >= 0.6 is 11.6 Å². The first kappa shape index (κ1) is 28.6. The van der Waals surface area contributed by atoms with Crippen molar-refractivity contribution in [2.75, 3.05) is 10.6 Å². The molecule has 6 aromatic rings. The topological polar surface area (TPSA) is 133 Å². The van der Waals surface area contributed by atoms with E-state index in [2.05, 4.69) is 50.5 Å². The predicted molar refractivity (Wildman–Crippen MR) is 146 cm³/mol. The quantitative estimate of drug-likeness (QED) is 0.166. The van der Waals surface area contributed by atoms with Gasteiger partial charge in [-0.05, 0) is 24.6 Å². The van der Waals surface area contributed by atoms with Gasteiger partial charge in [0.15, 0.2) is 22.9 Å². The molecule has 0 aliphatic heterocycles. The number of hydrogen-bond acceptors (Lipinski definition) is 8. The van der Waals surface area contributed by atoms with E-state index in [9.17, 15) is 22.0 Å². The van der Waals surface area contributed by atoms with Crippen molar-refractivity contribution in [1.82, 2.24) is 39.9 Å². The average Bonchev–Trinajstić information content (AvgIpc) is 3.65. The van der Waals surface area contributed by atoms with E-state index in [0.717, 1.165) is 11.6 Å². The van der Waals surface area contributed by atoms with Crippen molar-refractivity contribution >= 4 is 45.6 Å². The lowest BCUT2D eigenvalue weighted by Crippen LogP contribution is -2.12. The smallest absolute Gasteiger partial charge is 0.364 e. The summed E-state index contributed by atoms with van der Waals surface area (Å²) in [5, 5.41) is 6.26. The summed E-state index contributed by atoms with van der Waals surface area (Å²) in [6, 6.07) is 6.21. The number of H-pyrrole nitrogens is 2. The number of imidazole rings is 2. The van der Waals surface area contributed by atoms with Gasteiger partial charge >= 0.3 is 6.18 Å². The van der Waals surface area contributed by atoms with Crippen LogP contribution in [0, 0.1) is 18.6 Å². The molecule has 0 fully saturated rings. The number of aryl methyl sites for hydroxylation is 1. The van der Waals surface area contributed by atoms with Crippen LogP contribution in [0.5, 0.6) is 0 Å². The molecule has 16 heteroatoms. The molecule has 10 nitrogen and oxygen atoms in total. The number of hydrogen-bond donors (Lipinski definition) is 4. The van der Waals surface area contributed by atoms with Crippen molar-refractivity contribution in [3.8, 4) is 0 Å². The zero-order chi connectivity index (χ0) is 29.9. The molecule has 2 aromatic carbocycles. The Balaban J connectivity index is 0.000000169. The number of nitrogens with one attached hydrogen (secondary N) is 4. The maximum Gasteiger partial charge on any atom is 0.419 e. The van der Waals surface area contributed by atoms with E-state index in [0.29, 0.717) is 50.6 Å². The molecule has 0 amide bonds. The molecule has 0 radical (unpaired) electrons. The first-order valence-electron chi connectivity index (χ1n) is 12.2. The molecule has 0 saturated heterocycles. The Kier molecular flexibility index (Phi) is 8.10. The van der Waals surface area contributed by atoms with Crippen LogP contribution < -0.4 is 10.6 Å². The molecule has 216 valence electrons. The Morgan fingerprint density at radius 2 is 1.38 bits per heavy atom. The molecule has 0 aliphatic carbocycles. The van der Waals surface area contributed by atoms with Crippen molar-refractivity contribution in [2.24, 2.45) is 0 Å². The number of nitrogens with zero attached hydrogens (tertiary/aromatic N) is 6. The summed E-state index contributed by atoms with van der Waals surface area (Å²) in [6.45, 7) is 1.92. The van der Waals surface area contributed by atoms with Crippen molar-refractivity contribution in [2.45, 2.75) is 26.2 Å². The van der Waals surface area contributed by atoms with Gasteiger partial charge in [-0.1, -0.05) is 29.8 Å². The summed E-state index contributed by atoms with van der Waals surface area (Å²) in [5.41, 5.74) is 1.98. The molecule has 4 N–H and O–H groups in total. The Labute approximate surface area is 238 Å². The van der Waals surface area contributed by atoms with E-state index in [1.807, 2.05) is 6.92 Å². The molecule has 0 unspecified atom stereocenters. The summed E-state index contributed by atoms with van der Waals surface area (Å²) in [6.07, 6.45) is 0.875. The highest BCUT2D eigenvalue weighted by Crippen LogP contribution is 2.32. The lowest BCUT2D eigenvalue weighted by Gasteiger charge is -2.12. The van der Waals surface area contributed by atoms with Crippen LogP contribution in [0.1, 0.15) is 22.3 Å². The molecule has 0 spiro atoms. The fourth-order valence-electron chi connectivity index (χ4n) is 3.96. The number of anilines is 2. The Morgan fingerprint density at radius 3 is 1.98 bits per heavy atom. The fraction of sp³-hybridized carbons (Fsp3) is 0.154. The highest BCUT2D eigenvalue weighted by atomic mass is 35.5. The minimum absolute atomic E-state index is 0.110. The van der Waals surface area contributed by atoms with E-state index in [4.69, 9.17) is 11.6 Å². The average molecular weight is 603 g/mol. The standard InChI is InChI=1S/C13H11ClFN5.C13H9F4N5/c1-7-2-3-9(15)8(10(7)14)4-16-12-11-13(18-5-17-11)20-6-19-12;14-9-7(2-1-3-8(9)13(15,16)17)4-18-11-10-12(20-5-19-10)22-6-21-11/h2-3,5-6H,4H2,1H3,(H2,16,17,18,19,20);1-3,5-6H,4H2,(H2,18,19,20,21,22). The SMILES string of the molecule is Cc1ccc(F)c(CNc2ncnc3nc[nH]c23)c1Cl.Fc1c(CNc2ncnc3nc[nH]c23)cccc1C(F)(F)F. The number of halogens is 6. The zero-order valence-electron chi connectivity index (χ0n) is 21.6. The summed E-state index contributed by atoms with van der Waals surface area (Å²) in [4.78, 5) is 29.7. The lowest BCUT2D eigenvalue weighted by molar-refractivity contribution is -0.140. The van der Waals surface area contributed by atoms with Gasteiger partial charge in [0.05, 0.1) is 23.2 Å². The fourth-order valence-corrected chi connectivity index (χ4v) is 4.18. The second-order valence-corrected chi connectivity index (χ2v) is 9.17. The predicted octanol–water partition coefficient (Wildman–Crippen LogP) is 6.19. The van der Waals surface area contributed by atoms with Crippen LogP contribution in [0.25, 0.3) is 22.3 Å². The van der Waals surface area contributed by atoms with E-state index >= 15 is 0 Å². The maximum absolute atomic E-state index is 13.9. The van der Waals surface area contributed by atoms with E-state index in [1.54, 1.807) is 6.07 Å². The molecule has 0 saturated carbocycles. The lowest BCUT2D eigenvalue weighted by atomic mass is 10.1. The number of alkyl halides is 3. The van der Waals surface area contributed by atoms with Crippen LogP contribution in [0.4, 0.5) is 33.6 Å². The van der Waals surface area contributed by atoms with Crippen LogP contribution in [-0.2, 0) is 19.3 Å². The third kappa shape index (κ3) is 6.05. The largest absolute Gasteiger partial charge is 0.419 e. The summed E-state index contributed by atoms with van der Waals surface area (Å²) >= 11 is 6.13. The molecule has 4 aromatic heterocycles. The summed E-state index contributed by atoms with van der Waals surface area (Å²) < 4.78 is 65.7. The van der Waals surface area contributed by atoms with Gasteiger partial charge in [0.2, 0.25) is 0 Å². The van der Waals surface area contributed by atoms with Crippen LogP contribution in [0.2, 0.25) is 5.02 Å². The highest BCUT2D eigenvalue weighted by molar-refractivity contribution is 6.32. The van der Waals surface area contributed by atoms with Gasteiger partial charge in [0, 0.05) is 24.2 Å². The number of aromatic amines is 2. The van der Waals surface area contributed by atoms with Crippen molar-refractivity contribution in [3.63, 3.8) is 0 Å². The second-order valence-electron chi connectivity index (χ2n) is 8.79. The third-order valence-corrected chi connectivity index (χ3v) is 6.61. The Hall–Kier alpha value is -4.92. The molecule has 0 atom stereocenters. The van der Waals surface area contributed by atoms with Crippen molar-refractivity contribution in [1.29, 1.82) is 0 Å². The first-order chi connectivity index (χ1) is 20.1. The molecular formula is C26H20ClF5N10. The van der Waals surface area contributed by atoms with Crippen molar-refractivity contribution in [3.05, 3.63) is 94.6 Å². The van der Waals surface area contributed by atoms with Crippen LogP contribution in [-0.4, -0.2) is 39.9 Å². The number of fused-ring (bicyclic) bond motifs is 2. The first-order valence-corrected chi connectivity index (χ1v) is 12.5. The molecule has 4 heterocycles.